The summed E-state index contributed by atoms with van der Waals surface area (Å²) in [7, 11) is 0. The molecule has 2 aromatic carbocycles. The normalized spacial score (nSPS) is 15.0. The summed E-state index contributed by atoms with van der Waals surface area (Å²) in [6.45, 7) is 9.00. The highest BCUT2D eigenvalue weighted by Crippen LogP contribution is 2.31. The van der Waals surface area contributed by atoms with Gasteiger partial charge in [0.1, 0.15) is 18.1 Å². The Morgan fingerprint density at radius 2 is 1.78 bits per heavy atom. The first-order valence-corrected chi connectivity index (χ1v) is 12.5. The maximum Gasteiger partial charge on any atom is 0.338 e. The third-order valence-corrected chi connectivity index (χ3v) is 6.50. The zero-order valence-corrected chi connectivity index (χ0v) is 21.5. The van der Waals surface area contributed by atoms with E-state index in [2.05, 4.69) is 11.6 Å². The second-order valence-corrected chi connectivity index (χ2v) is 9.14. The van der Waals surface area contributed by atoms with Crippen LogP contribution in [-0.4, -0.2) is 29.7 Å². The third kappa shape index (κ3) is 5.62. The smallest absolute Gasteiger partial charge is 0.338 e. The van der Waals surface area contributed by atoms with E-state index in [4.69, 9.17) is 14.2 Å². The Labute approximate surface area is 217 Å². The number of carbonyl (C=O) groups excluding carboxylic acids is 2. The van der Waals surface area contributed by atoms with Gasteiger partial charge in [-0.15, -0.1) is 0 Å². The van der Waals surface area contributed by atoms with Gasteiger partial charge >= 0.3 is 11.9 Å². The maximum absolute atomic E-state index is 13.7. The molecule has 1 aliphatic heterocycles. The SMILES string of the molecule is C=CCOc1ccc(C=c2sc3n(c2=O)[C@H](c2ccc(OC(C)=O)cc2)C(C(=O)OCC)=C(C)N=3)cc1. The van der Waals surface area contributed by atoms with Gasteiger partial charge in [-0.05, 0) is 55.3 Å². The largest absolute Gasteiger partial charge is 0.490 e. The molecule has 4 rings (SSSR count). The molecule has 1 atom stereocenters. The summed E-state index contributed by atoms with van der Waals surface area (Å²) in [6.07, 6.45) is 3.45. The molecule has 0 aliphatic carbocycles. The van der Waals surface area contributed by atoms with Crippen LogP contribution in [0, 0.1) is 0 Å². The average Bonchev–Trinajstić information content (AvgIpc) is 3.17. The maximum atomic E-state index is 13.7. The second-order valence-electron chi connectivity index (χ2n) is 8.13. The van der Waals surface area contributed by atoms with Crippen molar-refractivity contribution in [2.45, 2.75) is 26.8 Å². The van der Waals surface area contributed by atoms with Gasteiger partial charge in [-0.3, -0.25) is 14.2 Å². The number of hydrogen-bond donors (Lipinski definition) is 0. The number of nitrogens with zero attached hydrogens (tertiary/aromatic N) is 2. The van der Waals surface area contributed by atoms with E-state index in [1.54, 1.807) is 50.3 Å². The van der Waals surface area contributed by atoms with Crippen molar-refractivity contribution in [1.29, 1.82) is 0 Å². The molecule has 0 radical (unpaired) electrons. The molecule has 37 heavy (non-hydrogen) atoms. The lowest BCUT2D eigenvalue weighted by Crippen LogP contribution is -2.39. The van der Waals surface area contributed by atoms with Crippen LogP contribution in [0.1, 0.15) is 37.9 Å². The molecule has 0 saturated carbocycles. The molecule has 9 heteroatoms. The molecule has 0 bridgehead atoms. The molecule has 0 saturated heterocycles. The van der Waals surface area contributed by atoms with Crippen LogP contribution in [0.5, 0.6) is 11.5 Å². The summed E-state index contributed by atoms with van der Waals surface area (Å²) in [5, 5.41) is 0. The van der Waals surface area contributed by atoms with Crippen LogP contribution >= 0.6 is 11.3 Å². The molecule has 0 unspecified atom stereocenters. The fourth-order valence-corrected chi connectivity index (χ4v) is 5.00. The van der Waals surface area contributed by atoms with Crippen LogP contribution in [0.15, 0.2) is 82.2 Å². The number of esters is 2. The minimum atomic E-state index is -0.751. The van der Waals surface area contributed by atoms with Crippen molar-refractivity contribution in [3.05, 3.63) is 103 Å². The Morgan fingerprint density at radius 1 is 1.11 bits per heavy atom. The molecule has 1 aliphatic rings. The van der Waals surface area contributed by atoms with Gasteiger partial charge in [-0.2, -0.15) is 0 Å². The number of fused-ring (bicyclic) bond motifs is 1. The molecule has 3 aromatic rings. The number of allylic oxidation sites excluding steroid dienone is 1. The molecule has 0 spiro atoms. The van der Waals surface area contributed by atoms with E-state index >= 15 is 0 Å². The number of carbonyl (C=O) groups is 2. The lowest BCUT2D eigenvalue weighted by atomic mass is 9.96. The van der Waals surface area contributed by atoms with Gasteiger partial charge in [0, 0.05) is 6.92 Å². The second kappa shape index (κ2) is 11.2. The highest BCUT2D eigenvalue weighted by molar-refractivity contribution is 7.07. The zero-order chi connectivity index (χ0) is 26.5. The predicted octanol–water partition coefficient (Wildman–Crippen LogP) is 3.29. The van der Waals surface area contributed by atoms with Crippen molar-refractivity contribution < 1.29 is 23.8 Å². The van der Waals surface area contributed by atoms with Crippen molar-refractivity contribution in [2.75, 3.05) is 13.2 Å². The first-order chi connectivity index (χ1) is 17.8. The highest BCUT2D eigenvalue weighted by atomic mass is 32.1. The zero-order valence-electron chi connectivity index (χ0n) is 20.7. The molecular weight excluding hydrogens is 492 g/mol. The molecule has 2 heterocycles. The van der Waals surface area contributed by atoms with Crippen molar-refractivity contribution in [3.63, 3.8) is 0 Å². The summed E-state index contributed by atoms with van der Waals surface area (Å²) < 4.78 is 18.0. The van der Waals surface area contributed by atoms with Crippen molar-refractivity contribution in [1.82, 2.24) is 4.57 Å². The molecule has 190 valence electrons. The fourth-order valence-electron chi connectivity index (χ4n) is 3.96. The Kier molecular flexibility index (Phi) is 7.83. The quantitative estimate of drug-likeness (QED) is 0.258. The van der Waals surface area contributed by atoms with Gasteiger partial charge in [0.05, 0.1) is 28.5 Å². The van der Waals surface area contributed by atoms with Gasteiger partial charge in [-0.1, -0.05) is 48.3 Å². The number of rotatable bonds is 8. The van der Waals surface area contributed by atoms with Gasteiger partial charge in [0.15, 0.2) is 4.80 Å². The van der Waals surface area contributed by atoms with E-state index in [0.717, 1.165) is 5.56 Å². The van der Waals surface area contributed by atoms with Gasteiger partial charge in [0.25, 0.3) is 5.56 Å². The van der Waals surface area contributed by atoms with Crippen LogP contribution in [0.3, 0.4) is 0 Å². The summed E-state index contributed by atoms with van der Waals surface area (Å²) in [6, 6.07) is 13.3. The predicted molar refractivity (Wildman–Crippen MR) is 140 cm³/mol. The molecule has 0 amide bonds. The number of thiazole rings is 1. The van der Waals surface area contributed by atoms with E-state index in [1.165, 1.54) is 22.8 Å². The van der Waals surface area contributed by atoms with Gasteiger partial charge in [-0.25, -0.2) is 9.79 Å². The van der Waals surface area contributed by atoms with Gasteiger partial charge < -0.3 is 14.2 Å². The number of ether oxygens (including phenoxy) is 3. The van der Waals surface area contributed by atoms with Crippen LogP contribution in [0.2, 0.25) is 0 Å². The Bertz CT molecular complexity index is 1550. The standard InChI is InChI=1S/C28H26N2O6S/c1-5-15-35-21-11-7-19(8-12-21)16-23-26(32)30-25(20-9-13-22(14-10-20)36-18(4)31)24(27(33)34-6-2)17(3)29-28(30)37-23/h5,7-14,16,25H,1,6,15H2,2-4H3/t25-/m1/s1. The van der Waals surface area contributed by atoms with E-state index in [-0.39, 0.29) is 17.7 Å². The molecule has 0 N–H and O–H groups in total. The Morgan fingerprint density at radius 3 is 2.41 bits per heavy atom. The van der Waals surface area contributed by atoms with E-state index in [1.807, 2.05) is 24.3 Å². The highest BCUT2D eigenvalue weighted by Gasteiger charge is 2.33. The van der Waals surface area contributed by atoms with E-state index < -0.39 is 18.0 Å². The van der Waals surface area contributed by atoms with E-state index in [0.29, 0.717) is 38.7 Å². The fraction of sp³-hybridized carbons (Fsp3) is 0.214. The van der Waals surface area contributed by atoms with Crippen LogP contribution in [0.4, 0.5) is 0 Å². The van der Waals surface area contributed by atoms with Crippen molar-refractivity contribution >= 4 is 29.4 Å². The Balaban J connectivity index is 1.82. The van der Waals surface area contributed by atoms with E-state index in [9.17, 15) is 14.4 Å². The number of hydrogen-bond acceptors (Lipinski definition) is 8. The number of benzene rings is 2. The van der Waals surface area contributed by atoms with Gasteiger partial charge in [0.2, 0.25) is 0 Å². The number of aromatic nitrogens is 1. The summed E-state index contributed by atoms with van der Waals surface area (Å²) in [5.74, 6) is 0.0826. The minimum absolute atomic E-state index is 0.185. The minimum Gasteiger partial charge on any atom is -0.490 e. The first-order valence-electron chi connectivity index (χ1n) is 11.6. The average molecular weight is 519 g/mol. The molecule has 0 fully saturated rings. The summed E-state index contributed by atoms with van der Waals surface area (Å²) in [5.41, 5.74) is 1.96. The van der Waals surface area contributed by atoms with Crippen molar-refractivity contribution in [2.24, 2.45) is 4.99 Å². The topological polar surface area (TPSA) is 96.2 Å². The van der Waals surface area contributed by atoms with Crippen LogP contribution in [0.25, 0.3) is 6.08 Å². The van der Waals surface area contributed by atoms with Crippen LogP contribution in [-0.2, 0) is 14.3 Å². The lowest BCUT2D eigenvalue weighted by molar-refractivity contribution is -0.139. The van der Waals surface area contributed by atoms with Crippen molar-refractivity contribution in [3.8, 4) is 11.5 Å². The Hall–Kier alpha value is -4.24. The summed E-state index contributed by atoms with van der Waals surface area (Å²) >= 11 is 1.24. The molecule has 1 aromatic heterocycles. The first kappa shape index (κ1) is 25.8. The van der Waals surface area contributed by atoms with Crippen LogP contribution < -0.4 is 24.4 Å². The molecule has 8 nitrogen and oxygen atoms in total. The molecular formula is C28H26N2O6S. The lowest BCUT2D eigenvalue weighted by Gasteiger charge is -2.24. The monoisotopic (exact) mass is 518 g/mol. The summed E-state index contributed by atoms with van der Waals surface area (Å²) in [4.78, 5) is 43.0. The third-order valence-electron chi connectivity index (χ3n) is 5.52.